The first-order valence-corrected chi connectivity index (χ1v) is 5.74. The van der Waals surface area contributed by atoms with E-state index in [9.17, 15) is 8.78 Å². The van der Waals surface area contributed by atoms with E-state index in [4.69, 9.17) is 5.26 Å². The third-order valence-corrected chi connectivity index (χ3v) is 2.90. The van der Waals surface area contributed by atoms with Crippen LogP contribution in [0.25, 0.3) is 5.57 Å². The van der Waals surface area contributed by atoms with Gasteiger partial charge in [-0.1, -0.05) is 24.3 Å². The molecule has 0 saturated carbocycles. The highest BCUT2D eigenvalue weighted by atomic mass is 19.1. The Balaban J connectivity index is 2.63. The highest BCUT2D eigenvalue weighted by Crippen LogP contribution is 2.27. The summed E-state index contributed by atoms with van der Waals surface area (Å²) in [5.74, 6) is -0.742. The number of nitrogens with zero attached hydrogens (tertiary/aromatic N) is 1. The summed E-state index contributed by atoms with van der Waals surface area (Å²) in [6.45, 7) is 1.63. The van der Waals surface area contributed by atoms with Crippen molar-refractivity contribution in [2.24, 2.45) is 0 Å². The molecule has 19 heavy (non-hydrogen) atoms. The molecule has 0 aliphatic rings. The molecule has 0 aliphatic carbocycles. The maximum absolute atomic E-state index is 13.6. The van der Waals surface area contributed by atoms with E-state index in [1.807, 2.05) is 6.07 Å². The van der Waals surface area contributed by atoms with Crippen LogP contribution in [0.1, 0.15) is 16.7 Å². The van der Waals surface area contributed by atoms with E-state index in [2.05, 4.69) is 0 Å². The van der Waals surface area contributed by atoms with Crippen LogP contribution in [0.15, 0.2) is 48.5 Å². The Morgan fingerprint density at radius 2 is 1.89 bits per heavy atom. The van der Waals surface area contributed by atoms with Crippen LogP contribution in [0.4, 0.5) is 8.78 Å². The summed E-state index contributed by atoms with van der Waals surface area (Å²) in [6.07, 6.45) is 1.30. The summed E-state index contributed by atoms with van der Waals surface area (Å²) < 4.78 is 26.9. The molecule has 0 fully saturated rings. The number of hydrogen-bond acceptors (Lipinski definition) is 1. The number of halogens is 2. The van der Waals surface area contributed by atoms with Crippen LogP contribution in [-0.4, -0.2) is 0 Å². The monoisotopic (exact) mass is 255 g/mol. The van der Waals surface area contributed by atoms with Crippen LogP contribution < -0.4 is 0 Å². The van der Waals surface area contributed by atoms with E-state index in [0.717, 1.165) is 0 Å². The van der Waals surface area contributed by atoms with Gasteiger partial charge in [0.2, 0.25) is 0 Å². The lowest BCUT2D eigenvalue weighted by molar-refractivity contribution is 0.618. The standard InChI is InChI=1S/C16H11F2N/c1-11-14(6-3-7-16(11)18)15(8-9-19)12-4-2-5-13(17)10-12/h2-8,10H,1H3/b15-8+. The molecule has 0 bridgehead atoms. The number of allylic oxidation sites excluding steroid dienone is 1. The molecular formula is C16H11F2N. The van der Waals surface area contributed by atoms with Gasteiger partial charge in [0, 0.05) is 6.08 Å². The normalized spacial score (nSPS) is 11.2. The molecule has 94 valence electrons. The Labute approximate surface area is 110 Å². The Hall–Kier alpha value is -2.47. The van der Waals surface area contributed by atoms with Crippen LogP contribution in [0.3, 0.4) is 0 Å². The molecule has 0 spiro atoms. The van der Waals surface area contributed by atoms with Crippen LogP contribution in [0.5, 0.6) is 0 Å². The molecule has 2 aromatic rings. The Bertz CT molecular complexity index is 681. The van der Waals surface area contributed by atoms with Gasteiger partial charge < -0.3 is 0 Å². The lowest BCUT2D eigenvalue weighted by Crippen LogP contribution is -1.95. The van der Waals surface area contributed by atoms with Crippen molar-refractivity contribution in [3.05, 3.63) is 76.9 Å². The number of benzene rings is 2. The molecule has 0 aromatic heterocycles. The summed E-state index contributed by atoms with van der Waals surface area (Å²) in [7, 11) is 0. The Morgan fingerprint density at radius 3 is 2.58 bits per heavy atom. The predicted molar refractivity (Wildman–Crippen MR) is 70.2 cm³/mol. The summed E-state index contributed by atoms with van der Waals surface area (Å²) in [6, 6.07) is 12.5. The van der Waals surface area contributed by atoms with Gasteiger partial charge in [-0.15, -0.1) is 0 Å². The van der Waals surface area contributed by atoms with Gasteiger partial charge in [0.1, 0.15) is 11.6 Å². The van der Waals surface area contributed by atoms with Gasteiger partial charge in [-0.3, -0.25) is 0 Å². The van der Waals surface area contributed by atoms with Crippen molar-refractivity contribution in [2.45, 2.75) is 6.92 Å². The van der Waals surface area contributed by atoms with E-state index >= 15 is 0 Å². The lowest BCUT2D eigenvalue weighted by atomic mass is 9.94. The summed E-state index contributed by atoms with van der Waals surface area (Å²) in [4.78, 5) is 0. The van der Waals surface area contributed by atoms with Gasteiger partial charge in [0.25, 0.3) is 0 Å². The van der Waals surface area contributed by atoms with Crippen molar-refractivity contribution in [3.8, 4) is 6.07 Å². The molecule has 0 amide bonds. The molecule has 0 N–H and O–H groups in total. The molecule has 0 radical (unpaired) electrons. The molecule has 3 heteroatoms. The van der Waals surface area contributed by atoms with Crippen LogP contribution in [0, 0.1) is 29.9 Å². The van der Waals surface area contributed by atoms with Crippen molar-refractivity contribution in [2.75, 3.05) is 0 Å². The minimum Gasteiger partial charge on any atom is -0.207 e. The molecule has 0 unspecified atom stereocenters. The number of rotatable bonds is 2. The Kier molecular flexibility index (Phi) is 3.72. The Morgan fingerprint density at radius 1 is 1.16 bits per heavy atom. The highest BCUT2D eigenvalue weighted by Gasteiger charge is 2.11. The van der Waals surface area contributed by atoms with E-state index in [1.54, 1.807) is 31.2 Å². The largest absolute Gasteiger partial charge is 0.207 e. The second kappa shape index (κ2) is 5.45. The van der Waals surface area contributed by atoms with Gasteiger partial charge in [0.15, 0.2) is 0 Å². The summed E-state index contributed by atoms with van der Waals surface area (Å²) in [5, 5.41) is 8.87. The minimum atomic E-state index is -0.393. The molecule has 0 atom stereocenters. The van der Waals surface area contributed by atoms with E-state index in [-0.39, 0.29) is 5.82 Å². The van der Waals surface area contributed by atoms with E-state index < -0.39 is 5.82 Å². The van der Waals surface area contributed by atoms with Gasteiger partial charge in [-0.2, -0.15) is 5.26 Å². The van der Waals surface area contributed by atoms with Crippen molar-refractivity contribution in [1.29, 1.82) is 5.26 Å². The fourth-order valence-electron chi connectivity index (χ4n) is 1.94. The fraction of sp³-hybridized carbons (Fsp3) is 0.0625. The molecule has 1 nitrogen and oxygen atoms in total. The van der Waals surface area contributed by atoms with Crippen molar-refractivity contribution < 1.29 is 8.78 Å². The maximum atomic E-state index is 13.6. The quantitative estimate of drug-likeness (QED) is 0.737. The zero-order valence-corrected chi connectivity index (χ0v) is 10.3. The smallest absolute Gasteiger partial charge is 0.126 e. The molecule has 0 saturated heterocycles. The van der Waals surface area contributed by atoms with Gasteiger partial charge >= 0.3 is 0 Å². The average molecular weight is 255 g/mol. The van der Waals surface area contributed by atoms with Crippen LogP contribution in [-0.2, 0) is 0 Å². The molecule has 0 aliphatic heterocycles. The van der Waals surface area contributed by atoms with Crippen molar-refractivity contribution in [3.63, 3.8) is 0 Å². The molecular weight excluding hydrogens is 244 g/mol. The van der Waals surface area contributed by atoms with Gasteiger partial charge in [0.05, 0.1) is 6.07 Å². The lowest BCUT2D eigenvalue weighted by Gasteiger charge is -2.11. The van der Waals surface area contributed by atoms with E-state index in [1.165, 1.54) is 24.3 Å². The van der Waals surface area contributed by atoms with E-state index in [0.29, 0.717) is 22.3 Å². The third-order valence-electron chi connectivity index (χ3n) is 2.90. The number of nitriles is 1. The first-order valence-electron chi connectivity index (χ1n) is 5.74. The predicted octanol–water partition coefficient (Wildman–Crippen LogP) is 4.23. The average Bonchev–Trinajstić information content (AvgIpc) is 2.40. The summed E-state index contributed by atoms with van der Waals surface area (Å²) >= 11 is 0. The molecule has 0 heterocycles. The SMILES string of the molecule is Cc1c(F)cccc1/C(=C/C#N)c1cccc(F)c1. The van der Waals surface area contributed by atoms with Crippen molar-refractivity contribution in [1.82, 2.24) is 0 Å². The minimum absolute atomic E-state index is 0.349. The fourth-order valence-corrected chi connectivity index (χ4v) is 1.94. The second-order valence-electron chi connectivity index (χ2n) is 4.11. The first kappa shape index (κ1) is 13.0. The summed E-state index contributed by atoms with van der Waals surface area (Å²) in [5.41, 5.74) is 2.09. The zero-order chi connectivity index (χ0) is 13.8. The number of hydrogen-bond donors (Lipinski definition) is 0. The van der Waals surface area contributed by atoms with Crippen LogP contribution >= 0.6 is 0 Å². The van der Waals surface area contributed by atoms with Crippen molar-refractivity contribution >= 4 is 5.57 Å². The highest BCUT2D eigenvalue weighted by molar-refractivity contribution is 5.82. The zero-order valence-electron chi connectivity index (χ0n) is 10.3. The molecule has 2 rings (SSSR count). The van der Waals surface area contributed by atoms with Gasteiger partial charge in [-0.05, 0) is 47.4 Å². The first-order chi connectivity index (χ1) is 9.13. The van der Waals surface area contributed by atoms with Crippen LogP contribution in [0.2, 0.25) is 0 Å². The van der Waals surface area contributed by atoms with Gasteiger partial charge in [-0.25, -0.2) is 8.78 Å². The molecule has 2 aromatic carbocycles. The third kappa shape index (κ3) is 2.69. The topological polar surface area (TPSA) is 23.8 Å². The maximum Gasteiger partial charge on any atom is 0.126 e. The second-order valence-corrected chi connectivity index (χ2v) is 4.11.